The Morgan fingerprint density at radius 2 is 1.71 bits per heavy atom. The Labute approximate surface area is 131 Å². The fraction of sp³-hybridized carbons (Fsp3) is 0.200. The molecule has 24 heavy (non-hydrogen) atoms. The second kappa shape index (κ2) is 6.14. The van der Waals surface area contributed by atoms with Crippen molar-refractivity contribution in [1.29, 1.82) is 0 Å². The van der Waals surface area contributed by atoms with Gasteiger partial charge in [-0.15, -0.1) is 0 Å². The molecule has 0 saturated carbocycles. The third-order valence-electron chi connectivity index (χ3n) is 3.09. The molecule has 0 aliphatic heterocycles. The van der Waals surface area contributed by atoms with E-state index in [-0.39, 0.29) is 16.8 Å². The first-order chi connectivity index (χ1) is 11.0. The lowest BCUT2D eigenvalue weighted by Gasteiger charge is -2.11. The van der Waals surface area contributed by atoms with Gasteiger partial charge in [-0.3, -0.25) is 0 Å². The van der Waals surface area contributed by atoms with Crippen LogP contribution < -0.4 is 5.69 Å². The highest BCUT2D eigenvalue weighted by Crippen LogP contribution is 2.34. The summed E-state index contributed by atoms with van der Waals surface area (Å²) in [6.07, 6.45) is -8.39. The Morgan fingerprint density at radius 3 is 2.29 bits per heavy atom. The van der Waals surface area contributed by atoms with Crippen LogP contribution in [0.1, 0.15) is 29.4 Å². The molecule has 0 unspecified atom stereocenters. The number of nitrogens with one attached hydrogen (secondary N) is 1. The van der Waals surface area contributed by atoms with E-state index < -0.39 is 29.3 Å². The molecule has 0 aliphatic rings. The van der Waals surface area contributed by atoms with Gasteiger partial charge in [-0.2, -0.15) is 31.3 Å². The Hall–Kier alpha value is -2.58. The summed E-state index contributed by atoms with van der Waals surface area (Å²) < 4.78 is 76.9. The van der Waals surface area contributed by atoms with Gasteiger partial charge in [-0.25, -0.2) is 4.79 Å². The highest BCUT2D eigenvalue weighted by Gasteiger charge is 2.33. The molecule has 128 valence electrons. The summed E-state index contributed by atoms with van der Waals surface area (Å²) in [5, 5.41) is 0. The van der Waals surface area contributed by atoms with Crippen LogP contribution in [0.15, 0.2) is 35.1 Å². The third-order valence-corrected chi connectivity index (χ3v) is 3.09. The lowest BCUT2D eigenvalue weighted by molar-refractivity contribution is -0.141. The second-order valence-corrected chi connectivity index (χ2v) is 4.90. The third kappa shape index (κ3) is 4.03. The Morgan fingerprint density at radius 1 is 1.08 bits per heavy atom. The number of nitrogens with zero attached hydrogens (tertiary/aromatic N) is 1. The zero-order chi connectivity index (χ0) is 18.1. The summed E-state index contributed by atoms with van der Waals surface area (Å²) in [6, 6.07) is 5.16. The van der Waals surface area contributed by atoms with Crippen molar-refractivity contribution < 1.29 is 26.3 Å². The van der Waals surface area contributed by atoms with Crippen LogP contribution in [0.4, 0.5) is 26.3 Å². The smallest absolute Gasteiger partial charge is 0.302 e. The maximum absolute atomic E-state index is 12.9. The minimum Gasteiger partial charge on any atom is -0.302 e. The molecule has 0 aliphatic carbocycles. The molecule has 3 nitrogen and oxygen atoms in total. The number of H-pyrrole nitrogens is 1. The number of aromatic nitrogens is 2. The Bertz CT molecular complexity index is 833. The van der Waals surface area contributed by atoms with Crippen molar-refractivity contribution in [3.05, 3.63) is 63.3 Å². The lowest BCUT2D eigenvalue weighted by atomic mass is 10.0. The van der Waals surface area contributed by atoms with Crippen molar-refractivity contribution in [3.63, 3.8) is 0 Å². The van der Waals surface area contributed by atoms with Gasteiger partial charge in [0.05, 0.1) is 11.3 Å². The van der Waals surface area contributed by atoms with E-state index in [9.17, 15) is 31.1 Å². The Balaban J connectivity index is 2.54. The predicted molar refractivity (Wildman–Crippen MR) is 74.8 cm³/mol. The summed E-state index contributed by atoms with van der Waals surface area (Å²) in [6.45, 7) is 1.27. The molecule has 2 rings (SSSR count). The molecule has 1 aromatic heterocycles. The van der Waals surface area contributed by atoms with Gasteiger partial charge in [0.2, 0.25) is 0 Å². The van der Waals surface area contributed by atoms with Gasteiger partial charge in [-0.1, -0.05) is 18.2 Å². The van der Waals surface area contributed by atoms with Gasteiger partial charge in [0.25, 0.3) is 0 Å². The fourth-order valence-electron chi connectivity index (χ4n) is 2.00. The standard InChI is InChI=1S/C15H10F6N2O/c1-8(6-9-4-2-3-5-10(9)14(16,17)18)11-7-12(15(19,20)21)23-13(24)22-11/h2-7H,1H3,(H,22,23,24). The first kappa shape index (κ1) is 17.8. The van der Waals surface area contributed by atoms with E-state index in [1.165, 1.54) is 25.1 Å². The van der Waals surface area contributed by atoms with E-state index in [0.717, 1.165) is 12.1 Å². The quantitative estimate of drug-likeness (QED) is 0.820. The molecule has 0 fully saturated rings. The number of hydrogen-bond donors (Lipinski definition) is 1. The van der Waals surface area contributed by atoms with Crippen LogP contribution >= 0.6 is 0 Å². The monoisotopic (exact) mass is 348 g/mol. The molecule has 1 N–H and O–H groups in total. The summed E-state index contributed by atoms with van der Waals surface area (Å²) >= 11 is 0. The number of allylic oxidation sites excluding steroid dienone is 1. The van der Waals surface area contributed by atoms with Crippen LogP contribution in [0, 0.1) is 0 Å². The molecule has 0 atom stereocenters. The molecule has 0 saturated heterocycles. The average Bonchev–Trinajstić information content (AvgIpc) is 2.45. The summed E-state index contributed by atoms with van der Waals surface area (Å²) in [7, 11) is 0. The predicted octanol–water partition coefficient (Wildman–Crippen LogP) is 4.37. The number of halogens is 6. The van der Waals surface area contributed by atoms with Crippen molar-refractivity contribution in [2.75, 3.05) is 0 Å². The van der Waals surface area contributed by atoms with E-state index in [1.54, 1.807) is 4.98 Å². The molecule has 1 heterocycles. The summed E-state index contributed by atoms with van der Waals surface area (Å²) in [5.74, 6) is 0. The van der Waals surface area contributed by atoms with Crippen LogP contribution in [0.2, 0.25) is 0 Å². The molecule has 0 radical (unpaired) electrons. The number of benzene rings is 1. The van der Waals surface area contributed by atoms with Crippen LogP contribution in [0.5, 0.6) is 0 Å². The van der Waals surface area contributed by atoms with Crippen molar-refractivity contribution in [2.24, 2.45) is 0 Å². The first-order valence-electron chi connectivity index (χ1n) is 6.52. The molecule has 9 heteroatoms. The largest absolute Gasteiger partial charge is 0.431 e. The van der Waals surface area contributed by atoms with E-state index >= 15 is 0 Å². The van der Waals surface area contributed by atoms with Crippen LogP contribution in [0.3, 0.4) is 0 Å². The van der Waals surface area contributed by atoms with Crippen molar-refractivity contribution in [1.82, 2.24) is 9.97 Å². The van der Waals surface area contributed by atoms with Crippen LogP contribution in [-0.2, 0) is 12.4 Å². The normalized spacial score (nSPS) is 13.2. The molecule has 0 spiro atoms. The van der Waals surface area contributed by atoms with E-state index in [0.29, 0.717) is 6.07 Å². The maximum atomic E-state index is 12.9. The first-order valence-corrected chi connectivity index (χ1v) is 6.52. The molecule has 0 bridgehead atoms. The zero-order valence-electron chi connectivity index (χ0n) is 12.1. The van der Waals surface area contributed by atoms with Gasteiger partial charge in [0, 0.05) is 0 Å². The minimum atomic E-state index is -4.80. The van der Waals surface area contributed by atoms with E-state index in [2.05, 4.69) is 4.98 Å². The van der Waals surface area contributed by atoms with Gasteiger partial charge in [-0.05, 0) is 36.3 Å². The maximum Gasteiger partial charge on any atom is 0.431 e. The number of alkyl halides is 6. The average molecular weight is 348 g/mol. The van der Waals surface area contributed by atoms with E-state index in [4.69, 9.17) is 0 Å². The number of hydrogen-bond acceptors (Lipinski definition) is 2. The summed E-state index contributed by atoms with van der Waals surface area (Å²) in [5.41, 5.74) is -4.11. The second-order valence-electron chi connectivity index (χ2n) is 4.90. The van der Waals surface area contributed by atoms with Crippen molar-refractivity contribution in [3.8, 4) is 0 Å². The SMILES string of the molecule is CC(=Cc1ccccc1C(F)(F)F)c1cc(C(F)(F)F)[nH]c(=O)n1. The van der Waals surface area contributed by atoms with Gasteiger partial charge < -0.3 is 4.98 Å². The topological polar surface area (TPSA) is 45.8 Å². The zero-order valence-corrected chi connectivity index (χ0v) is 12.1. The highest BCUT2D eigenvalue weighted by atomic mass is 19.4. The van der Waals surface area contributed by atoms with Gasteiger partial charge in [0.15, 0.2) is 0 Å². The molecule has 2 aromatic rings. The fourth-order valence-corrected chi connectivity index (χ4v) is 2.00. The molecular formula is C15H10F6N2O. The van der Waals surface area contributed by atoms with Crippen molar-refractivity contribution in [2.45, 2.75) is 19.3 Å². The molecule has 0 amide bonds. The van der Waals surface area contributed by atoms with Crippen LogP contribution in [-0.4, -0.2) is 9.97 Å². The van der Waals surface area contributed by atoms with Crippen LogP contribution in [0.25, 0.3) is 11.6 Å². The molecular weight excluding hydrogens is 338 g/mol. The number of rotatable bonds is 2. The van der Waals surface area contributed by atoms with Crippen molar-refractivity contribution >= 4 is 11.6 Å². The summed E-state index contributed by atoms with van der Waals surface area (Å²) in [4.78, 5) is 16.2. The highest BCUT2D eigenvalue weighted by molar-refractivity contribution is 5.79. The minimum absolute atomic E-state index is 0.0108. The Kier molecular flexibility index (Phi) is 4.54. The van der Waals surface area contributed by atoms with Gasteiger partial charge >= 0.3 is 18.0 Å². The van der Waals surface area contributed by atoms with Gasteiger partial charge in [0.1, 0.15) is 5.69 Å². The lowest BCUT2D eigenvalue weighted by Crippen LogP contribution is -2.20. The van der Waals surface area contributed by atoms with E-state index in [1.807, 2.05) is 0 Å². The molecule has 1 aromatic carbocycles. The number of aromatic amines is 1.